The lowest BCUT2D eigenvalue weighted by molar-refractivity contribution is -0.145. The van der Waals surface area contributed by atoms with Crippen molar-refractivity contribution in [3.8, 4) is 6.07 Å². The van der Waals surface area contributed by atoms with E-state index in [9.17, 15) is 9.59 Å². The van der Waals surface area contributed by atoms with Crippen LogP contribution in [0.2, 0.25) is 0 Å². The minimum Gasteiger partial charge on any atom is -0.467 e. The van der Waals surface area contributed by atoms with E-state index in [1.807, 2.05) is 0 Å². The van der Waals surface area contributed by atoms with Crippen LogP contribution in [0.4, 0.5) is 0 Å². The lowest BCUT2D eigenvalue weighted by Crippen LogP contribution is -2.42. The Labute approximate surface area is 114 Å². The summed E-state index contributed by atoms with van der Waals surface area (Å²) in [4.78, 5) is 23.5. The van der Waals surface area contributed by atoms with Crippen molar-refractivity contribution < 1.29 is 14.3 Å². The number of methoxy groups -OCH3 is 1. The Balaban J connectivity index is 2.48. The van der Waals surface area contributed by atoms with Crippen molar-refractivity contribution in [1.82, 2.24) is 5.32 Å². The van der Waals surface area contributed by atoms with Crippen molar-refractivity contribution in [2.24, 2.45) is 11.8 Å². The fourth-order valence-corrected chi connectivity index (χ4v) is 2.49. The maximum atomic E-state index is 11.9. The molecule has 0 heterocycles. The van der Waals surface area contributed by atoms with Crippen molar-refractivity contribution in [2.45, 2.75) is 51.5 Å². The van der Waals surface area contributed by atoms with Gasteiger partial charge in [-0.2, -0.15) is 5.26 Å². The number of hydrogen-bond acceptors (Lipinski definition) is 4. The first kappa shape index (κ1) is 15.5. The highest BCUT2D eigenvalue weighted by Gasteiger charge is 2.25. The molecule has 0 unspecified atom stereocenters. The first-order chi connectivity index (χ1) is 9.06. The average molecular weight is 266 g/mol. The molecule has 1 fully saturated rings. The monoisotopic (exact) mass is 266 g/mol. The Morgan fingerprint density at radius 3 is 2.58 bits per heavy atom. The third kappa shape index (κ3) is 5.29. The number of nitrogens with one attached hydrogen (secondary N) is 1. The van der Waals surface area contributed by atoms with Gasteiger partial charge in [-0.25, -0.2) is 4.79 Å². The molecule has 2 atom stereocenters. The van der Waals surface area contributed by atoms with Gasteiger partial charge in [0.25, 0.3) is 0 Å². The molecule has 0 aromatic heterocycles. The van der Waals surface area contributed by atoms with Crippen molar-refractivity contribution in [2.75, 3.05) is 7.11 Å². The molecule has 0 aliphatic heterocycles. The molecule has 1 amide bonds. The zero-order valence-corrected chi connectivity index (χ0v) is 11.6. The molecule has 0 spiro atoms. The summed E-state index contributed by atoms with van der Waals surface area (Å²) in [6.07, 6.45) is 5.30. The van der Waals surface area contributed by atoms with E-state index in [1.54, 1.807) is 6.92 Å². The van der Waals surface area contributed by atoms with Gasteiger partial charge in [0.05, 0.1) is 13.2 Å². The van der Waals surface area contributed by atoms with E-state index in [0.29, 0.717) is 18.8 Å². The Morgan fingerprint density at radius 1 is 1.42 bits per heavy atom. The molecule has 1 N–H and O–H groups in total. The molecule has 1 rings (SSSR count). The first-order valence-corrected chi connectivity index (χ1v) is 6.83. The second-order valence-corrected chi connectivity index (χ2v) is 5.26. The lowest BCUT2D eigenvalue weighted by atomic mass is 10.0. The second kappa shape index (κ2) is 7.78. The molecule has 5 heteroatoms. The first-order valence-electron chi connectivity index (χ1n) is 6.83. The number of hydrogen-bond donors (Lipinski definition) is 1. The maximum absolute atomic E-state index is 11.9. The number of ether oxygens (including phenoxy) is 1. The van der Waals surface area contributed by atoms with Gasteiger partial charge in [0.2, 0.25) is 5.91 Å². The van der Waals surface area contributed by atoms with Gasteiger partial charge in [-0.05, 0) is 32.1 Å². The third-order valence-corrected chi connectivity index (χ3v) is 3.58. The highest BCUT2D eigenvalue weighted by Crippen LogP contribution is 2.27. The number of nitrogens with zero attached hydrogens (tertiary/aromatic N) is 1. The van der Waals surface area contributed by atoms with Crippen LogP contribution in [-0.2, 0) is 14.3 Å². The summed E-state index contributed by atoms with van der Waals surface area (Å²) in [5, 5.41) is 11.5. The smallest absolute Gasteiger partial charge is 0.328 e. The summed E-state index contributed by atoms with van der Waals surface area (Å²) in [6.45, 7) is 1.72. The van der Waals surface area contributed by atoms with Crippen LogP contribution < -0.4 is 5.32 Å². The Kier molecular flexibility index (Phi) is 6.34. The van der Waals surface area contributed by atoms with Crippen molar-refractivity contribution in [3.63, 3.8) is 0 Å². The van der Waals surface area contributed by atoms with Crippen molar-refractivity contribution in [1.29, 1.82) is 5.26 Å². The van der Waals surface area contributed by atoms with E-state index < -0.39 is 12.0 Å². The van der Waals surface area contributed by atoms with E-state index in [0.717, 1.165) is 12.8 Å². The molecule has 5 nitrogen and oxygen atoms in total. The van der Waals surface area contributed by atoms with Crippen LogP contribution in [0.25, 0.3) is 0 Å². The molecule has 1 aliphatic carbocycles. The van der Waals surface area contributed by atoms with Crippen LogP contribution in [0.15, 0.2) is 0 Å². The lowest BCUT2D eigenvalue weighted by Gasteiger charge is -2.18. The summed E-state index contributed by atoms with van der Waals surface area (Å²) < 4.78 is 4.67. The Morgan fingerprint density at radius 2 is 2.05 bits per heavy atom. The molecule has 0 aromatic rings. The Hall–Kier alpha value is -1.57. The van der Waals surface area contributed by atoms with E-state index in [4.69, 9.17) is 5.26 Å². The van der Waals surface area contributed by atoms with Crippen LogP contribution in [0, 0.1) is 23.2 Å². The summed E-state index contributed by atoms with van der Waals surface area (Å²) in [7, 11) is 1.29. The SMILES string of the molecule is COC(=O)[C@@H](C[C@H](C)C#N)NC(=O)CC1CCCC1. The van der Waals surface area contributed by atoms with E-state index in [1.165, 1.54) is 20.0 Å². The topological polar surface area (TPSA) is 79.2 Å². The van der Waals surface area contributed by atoms with Gasteiger partial charge < -0.3 is 10.1 Å². The van der Waals surface area contributed by atoms with Gasteiger partial charge in [-0.1, -0.05) is 12.8 Å². The van der Waals surface area contributed by atoms with Gasteiger partial charge in [0.1, 0.15) is 6.04 Å². The zero-order valence-electron chi connectivity index (χ0n) is 11.6. The van der Waals surface area contributed by atoms with Crippen LogP contribution in [0.5, 0.6) is 0 Å². The summed E-state index contributed by atoms with van der Waals surface area (Å²) in [5.41, 5.74) is 0. The predicted octanol–water partition coefficient (Wildman–Crippen LogP) is 1.77. The van der Waals surface area contributed by atoms with Gasteiger partial charge >= 0.3 is 5.97 Å². The molecule has 1 saturated carbocycles. The predicted molar refractivity (Wildman–Crippen MR) is 69.9 cm³/mol. The summed E-state index contributed by atoms with van der Waals surface area (Å²) >= 11 is 0. The maximum Gasteiger partial charge on any atom is 0.328 e. The molecule has 1 aliphatic rings. The van der Waals surface area contributed by atoms with E-state index in [-0.39, 0.29) is 11.8 Å². The number of nitriles is 1. The summed E-state index contributed by atoms with van der Waals surface area (Å²) in [6, 6.07) is 1.35. The van der Waals surface area contributed by atoms with E-state index >= 15 is 0 Å². The number of amides is 1. The molecular weight excluding hydrogens is 244 g/mol. The van der Waals surface area contributed by atoms with E-state index in [2.05, 4.69) is 16.1 Å². The molecular formula is C14H22N2O3. The minimum atomic E-state index is -0.714. The molecule has 0 radical (unpaired) electrons. The van der Waals surface area contributed by atoms with Crippen LogP contribution in [0.3, 0.4) is 0 Å². The average Bonchev–Trinajstić information content (AvgIpc) is 2.89. The quantitative estimate of drug-likeness (QED) is 0.743. The van der Waals surface area contributed by atoms with Crippen LogP contribution in [-0.4, -0.2) is 25.0 Å². The molecule has 0 saturated heterocycles. The van der Waals surface area contributed by atoms with Gasteiger partial charge in [0.15, 0.2) is 0 Å². The normalized spacial score (nSPS) is 18.4. The Bertz CT molecular complexity index is 356. The molecule has 19 heavy (non-hydrogen) atoms. The van der Waals surface area contributed by atoms with Crippen LogP contribution >= 0.6 is 0 Å². The third-order valence-electron chi connectivity index (χ3n) is 3.58. The highest BCUT2D eigenvalue weighted by molar-refractivity contribution is 5.84. The number of esters is 1. The molecule has 0 aromatic carbocycles. The van der Waals surface area contributed by atoms with Gasteiger partial charge in [0, 0.05) is 12.3 Å². The zero-order chi connectivity index (χ0) is 14.3. The minimum absolute atomic E-state index is 0.118. The highest BCUT2D eigenvalue weighted by atomic mass is 16.5. The largest absolute Gasteiger partial charge is 0.467 e. The number of rotatable bonds is 6. The molecule has 106 valence electrons. The van der Waals surface area contributed by atoms with Crippen molar-refractivity contribution >= 4 is 11.9 Å². The van der Waals surface area contributed by atoms with Gasteiger partial charge in [-0.3, -0.25) is 4.79 Å². The molecule has 0 bridgehead atoms. The van der Waals surface area contributed by atoms with Gasteiger partial charge in [-0.15, -0.1) is 0 Å². The van der Waals surface area contributed by atoms with Crippen LogP contribution in [0.1, 0.15) is 45.4 Å². The standard InChI is InChI=1S/C14H22N2O3/c1-10(9-15)7-12(14(18)19-2)16-13(17)8-11-5-3-4-6-11/h10-12H,3-8H2,1-2H3,(H,16,17)/t10-,12+/m0/s1. The fourth-order valence-electron chi connectivity index (χ4n) is 2.49. The number of carbonyl (C=O) groups excluding carboxylic acids is 2. The number of carbonyl (C=O) groups is 2. The summed E-state index contributed by atoms with van der Waals surface area (Å²) in [5.74, 6) is -0.461. The second-order valence-electron chi connectivity index (χ2n) is 5.26. The van der Waals surface area contributed by atoms with Crippen molar-refractivity contribution in [3.05, 3.63) is 0 Å². The fraction of sp³-hybridized carbons (Fsp3) is 0.786.